The SMILES string of the molecule is C=C[C@@H](N)c1cc(OC)ccc1F.Cl. The molecule has 1 aromatic rings. The van der Waals surface area contributed by atoms with E-state index < -0.39 is 6.04 Å². The molecule has 0 saturated carbocycles. The second-order valence-electron chi connectivity index (χ2n) is 2.65. The quantitative estimate of drug-likeness (QED) is 0.790. The Labute approximate surface area is 89.0 Å². The summed E-state index contributed by atoms with van der Waals surface area (Å²) in [7, 11) is 1.52. The molecule has 0 bridgehead atoms. The first-order valence-corrected chi connectivity index (χ1v) is 3.90. The summed E-state index contributed by atoms with van der Waals surface area (Å²) in [5.74, 6) is 0.252. The van der Waals surface area contributed by atoms with E-state index in [0.717, 1.165) is 0 Å². The Kier molecular flexibility index (Phi) is 5.20. The van der Waals surface area contributed by atoms with Gasteiger partial charge in [0.1, 0.15) is 11.6 Å². The molecule has 0 amide bonds. The molecule has 0 aliphatic heterocycles. The van der Waals surface area contributed by atoms with Gasteiger partial charge in [-0.05, 0) is 18.2 Å². The van der Waals surface area contributed by atoms with Crippen LogP contribution in [0.1, 0.15) is 11.6 Å². The smallest absolute Gasteiger partial charge is 0.128 e. The molecule has 0 radical (unpaired) electrons. The van der Waals surface area contributed by atoms with Gasteiger partial charge in [-0.1, -0.05) is 6.08 Å². The number of hydrogen-bond donors (Lipinski definition) is 1. The first-order valence-electron chi connectivity index (χ1n) is 3.90. The van der Waals surface area contributed by atoms with Crippen molar-refractivity contribution in [3.05, 3.63) is 42.2 Å². The van der Waals surface area contributed by atoms with Crippen molar-refractivity contribution in [2.24, 2.45) is 5.73 Å². The predicted molar refractivity (Wildman–Crippen MR) is 57.3 cm³/mol. The minimum Gasteiger partial charge on any atom is -0.497 e. The fraction of sp³-hybridized carbons (Fsp3) is 0.200. The number of benzene rings is 1. The molecular weight excluding hydrogens is 205 g/mol. The summed E-state index contributed by atoms with van der Waals surface area (Å²) in [5.41, 5.74) is 6.00. The molecule has 2 nitrogen and oxygen atoms in total. The second kappa shape index (κ2) is 5.62. The van der Waals surface area contributed by atoms with E-state index in [1.54, 1.807) is 12.1 Å². The Morgan fingerprint density at radius 2 is 2.21 bits per heavy atom. The van der Waals surface area contributed by atoms with E-state index in [1.807, 2.05) is 0 Å². The van der Waals surface area contributed by atoms with Crippen molar-refractivity contribution in [2.75, 3.05) is 7.11 Å². The second-order valence-corrected chi connectivity index (χ2v) is 2.65. The highest BCUT2D eigenvalue weighted by molar-refractivity contribution is 5.85. The van der Waals surface area contributed by atoms with Gasteiger partial charge in [0.25, 0.3) is 0 Å². The summed E-state index contributed by atoms with van der Waals surface area (Å²) in [6, 6.07) is 3.96. The third-order valence-electron chi connectivity index (χ3n) is 1.82. The number of ether oxygens (including phenoxy) is 1. The van der Waals surface area contributed by atoms with E-state index in [2.05, 4.69) is 6.58 Å². The molecule has 0 heterocycles. The van der Waals surface area contributed by atoms with Crippen LogP contribution in [0.2, 0.25) is 0 Å². The maximum absolute atomic E-state index is 13.2. The molecule has 0 aliphatic carbocycles. The minimum absolute atomic E-state index is 0. The molecule has 14 heavy (non-hydrogen) atoms. The van der Waals surface area contributed by atoms with Gasteiger partial charge in [-0.2, -0.15) is 0 Å². The van der Waals surface area contributed by atoms with Gasteiger partial charge in [0.05, 0.1) is 13.2 Å². The van der Waals surface area contributed by atoms with E-state index in [4.69, 9.17) is 10.5 Å². The molecule has 0 saturated heterocycles. The molecule has 1 rings (SSSR count). The van der Waals surface area contributed by atoms with Gasteiger partial charge in [-0.15, -0.1) is 19.0 Å². The van der Waals surface area contributed by atoms with E-state index >= 15 is 0 Å². The number of nitrogens with two attached hydrogens (primary N) is 1. The Balaban J connectivity index is 0.00000169. The fourth-order valence-electron chi connectivity index (χ4n) is 1.03. The highest BCUT2D eigenvalue weighted by atomic mass is 35.5. The van der Waals surface area contributed by atoms with E-state index in [0.29, 0.717) is 11.3 Å². The van der Waals surface area contributed by atoms with Crippen LogP contribution >= 0.6 is 12.4 Å². The van der Waals surface area contributed by atoms with Crippen LogP contribution in [0.15, 0.2) is 30.9 Å². The molecule has 2 N–H and O–H groups in total. The largest absolute Gasteiger partial charge is 0.497 e. The molecule has 0 spiro atoms. The molecular formula is C10H13ClFNO. The van der Waals surface area contributed by atoms with Gasteiger partial charge in [0.15, 0.2) is 0 Å². The molecule has 0 unspecified atom stereocenters. The molecule has 4 heteroatoms. The van der Waals surface area contributed by atoms with E-state index in [1.165, 1.54) is 19.3 Å². The predicted octanol–water partition coefficient (Wildman–Crippen LogP) is 2.44. The molecule has 0 fully saturated rings. The van der Waals surface area contributed by atoms with Crippen LogP contribution in [0.3, 0.4) is 0 Å². The van der Waals surface area contributed by atoms with Crippen molar-refractivity contribution in [3.8, 4) is 5.75 Å². The van der Waals surface area contributed by atoms with Crippen LogP contribution in [0, 0.1) is 5.82 Å². The summed E-state index contributed by atoms with van der Waals surface area (Å²) in [6.07, 6.45) is 1.48. The summed E-state index contributed by atoms with van der Waals surface area (Å²) in [5, 5.41) is 0. The van der Waals surface area contributed by atoms with E-state index in [-0.39, 0.29) is 18.2 Å². The third kappa shape index (κ3) is 2.72. The number of methoxy groups -OCH3 is 1. The first kappa shape index (κ1) is 12.9. The van der Waals surface area contributed by atoms with Crippen molar-refractivity contribution in [2.45, 2.75) is 6.04 Å². The van der Waals surface area contributed by atoms with Crippen LogP contribution in [-0.4, -0.2) is 7.11 Å². The average molecular weight is 218 g/mol. The summed E-state index contributed by atoms with van der Waals surface area (Å²) < 4.78 is 18.1. The van der Waals surface area contributed by atoms with Gasteiger partial charge in [0, 0.05) is 5.56 Å². The van der Waals surface area contributed by atoms with Crippen molar-refractivity contribution in [1.29, 1.82) is 0 Å². The fourth-order valence-corrected chi connectivity index (χ4v) is 1.03. The van der Waals surface area contributed by atoms with E-state index in [9.17, 15) is 4.39 Å². The summed E-state index contributed by atoms with van der Waals surface area (Å²) in [6.45, 7) is 3.50. The van der Waals surface area contributed by atoms with Gasteiger partial charge in [0.2, 0.25) is 0 Å². The topological polar surface area (TPSA) is 35.2 Å². The number of halogens is 2. The highest BCUT2D eigenvalue weighted by Gasteiger charge is 2.08. The van der Waals surface area contributed by atoms with Crippen molar-refractivity contribution >= 4 is 12.4 Å². The summed E-state index contributed by atoms with van der Waals surface area (Å²) in [4.78, 5) is 0. The lowest BCUT2D eigenvalue weighted by Crippen LogP contribution is -2.08. The summed E-state index contributed by atoms with van der Waals surface area (Å²) >= 11 is 0. The van der Waals surface area contributed by atoms with Gasteiger partial charge in [-0.25, -0.2) is 4.39 Å². The highest BCUT2D eigenvalue weighted by Crippen LogP contribution is 2.21. The normalized spacial score (nSPS) is 11.4. The molecule has 1 aromatic carbocycles. The van der Waals surface area contributed by atoms with Crippen LogP contribution in [0.4, 0.5) is 4.39 Å². The van der Waals surface area contributed by atoms with Gasteiger partial charge in [-0.3, -0.25) is 0 Å². The lowest BCUT2D eigenvalue weighted by molar-refractivity contribution is 0.412. The van der Waals surface area contributed by atoms with Crippen molar-refractivity contribution in [3.63, 3.8) is 0 Å². The molecule has 78 valence electrons. The maximum atomic E-state index is 13.2. The standard InChI is InChI=1S/C10H12FNO.ClH/c1-3-10(12)8-6-7(13-2)4-5-9(8)11;/h3-6,10H,1,12H2,2H3;1H/t10-;/m1./s1. The molecule has 1 atom stereocenters. The Bertz CT molecular complexity index is 317. The van der Waals surface area contributed by atoms with Crippen molar-refractivity contribution in [1.82, 2.24) is 0 Å². The lowest BCUT2D eigenvalue weighted by atomic mass is 10.1. The zero-order chi connectivity index (χ0) is 9.84. The number of hydrogen-bond acceptors (Lipinski definition) is 2. The van der Waals surface area contributed by atoms with Gasteiger partial charge >= 0.3 is 0 Å². The van der Waals surface area contributed by atoms with Crippen LogP contribution in [0.5, 0.6) is 5.75 Å². The molecule has 0 aliphatic rings. The van der Waals surface area contributed by atoms with Crippen LogP contribution in [0.25, 0.3) is 0 Å². The monoisotopic (exact) mass is 217 g/mol. The third-order valence-corrected chi connectivity index (χ3v) is 1.82. The Morgan fingerprint density at radius 3 is 2.71 bits per heavy atom. The number of rotatable bonds is 3. The zero-order valence-electron chi connectivity index (χ0n) is 7.87. The maximum Gasteiger partial charge on any atom is 0.128 e. The Morgan fingerprint density at radius 1 is 1.57 bits per heavy atom. The first-order chi connectivity index (χ1) is 6.19. The zero-order valence-corrected chi connectivity index (χ0v) is 8.68. The molecule has 0 aromatic heterocycles. The minimum atomic E-state index is -0.491. The van der Waals surface area contributed by atoms with Gasteiger partial charge < -0.3 is 10.5 Å². The van der Waals surface area contributed by atoms with Crippen LogP contribution in [-0.2, 0) is 0 Å². The van der Waals surface area contributed by atoms with Crippen LogP contribution < -0.4 is 10.5 Å². The average Bonchev–Trinajstić information content (AvgIpc) is 2.17. The lowest BCUT2D eigenvalue weighted by Gasteiger charge is -2.09. The Hall–Kier alpha value is -1.06. The van der Waals surface area contributed by atoms with Crippen molar-refractivity contribution < 1.29 is 9.13 Å².